The van der Waals surface area contributed by atoms with Gasteiger partial charge in [0.25, 0.3) is 0 Å². The smallest absolute Gasteiger partial charge is 0.399 e. The van der Waals surface area contributed by atoms with Gasteiger partial charge in [-0.3, -0.25) is 9.36 Å². The van der Waals surface area contributed by atoms with Crippen LogP contribution in [0.2, 0.25) is 0 Å². The molecule has 1 aliphatic rings. The highest BCUT2D eigenvalue weighted by atomic mass is 31.2. The lowest BCUT2D eigenvalue weighted by molar-refractivity contribution is -0.172. The molecule has 160 valence electrons. The fourth-order valence-electron chi connectivity index (χ4n) is 2.71. The van der Waals surface area contributed by atoms with Gasteiger partial charge in [0.1, 0.15) is 5.60 Å². The second-order valence-electron chi connectivity index (χ2n) is 7.68. The molecule has 0 radical (unpaired) electrons. The Morgan fingerprint density at radius 1 is 1.22 bits per heavy atom. The van der Waals surface area contributed by atoms with Crippen molar-refractivity contribution in [2.24, 2.45) is 5.92 Å². The van der Waals surface area contributed by atoms with Crippen LogP contribution in [0.5, 0.6) is 0 Å². The van der Waals surface area contributed by atoms with Crippen molar-refractivity contribution in [3.05, 3.63) is 0 Å². The van der Waals surface area contributed by atoms with E-state index in [1.807, 2.05) is 0 Å². The van der Waals surface area contributed by atoms with Crippen LogP contribution >= 0.6 is 7.60 Å². The average molecular weight is 416 g/mol. The second kappa shape index (κ2) is 8.82. The minimum atomic E-state index is -4.86. The molecular weight excluding hydrogens is 385 g/mol. The topological polar surface area (TPSA) is 80.3 Å². The Hall–Kier alpha value is -0.600. The molecule has 1 fully saturated rings. The van der Waals surface area contributed by atoms with Gasteiger partial charge in [-0.15, -0.1) is 0 Å². The van der Waals surface area contributed by atoms with Crippen LogP contribution in [0.1, 0.15) is 54.9 Å². The summed E-state index contributed by atoms with van der Waals surface area (Å²) in [5.74, 6) is -3.77. The summed E-state index contributed by atoms with van der Waals surface area (Å²) in [6.45, 7) is 10.2. The van der Waals surface area contributed by atoms with Gasteiger partial charge in [-0.25, -0.2) is 0 Å². The Balaban J connectivity index is 3.22. The van der Waals surface area contributed by atoms with Gasteiger partial charge in [-0.2, -0.15) is 8.78 Å². The van der Waals surface area contributed by atoms with Crippen molar-refractivity contribution in [3.8, 4) is 0 Å². The Labute approximate surface area is 159 Å². The lowest BCUT2D eigenvalue weighted by atomic mass is 9.99. The molecule has 0 bridgehead atoms. The highest BCUT2D eigenvalue weighted by molar-refractivity contribution is 7.55. The zero-order valence-corrected chi connectivity index (χ0v) is 17.9. The van der Waals surface area contributed by atoms with Gasteiger partial charge >= 0.3 is 19.2 Å². The van der Waals surface area contributed by atoms with Crippen LogP contribution in [0.3, 0.4) is 0 Å². The molecule has 10 heteroatoms. The van der Waals surface area contributed by atoms with E-state index in [2.05, 4.69) is 0 Å². The predicted octanol–water partition coefficient (Wildman–Crippen LogP) is 4.34. The van der Waals surface area contributed by atoms with Crippen molar-refractivity contribution in [1.82, 2.24) is 0 Å². The van der Waals surface area contributed by atoms with Crippen molar-refractivity contribution in [2.75, 3.05) is 19.8 Å². The molecule has 0 spiro atoms. The second-order valence-corrected chi connectivity index (χ2v) is 9.79. The average Bonchev–Trinajstić information content (AvgIpc) is 2.83. The predicted molar refractivity (Wildman–Crippen MR) is 94.7 cm³/mol. The van der Waals surface area contributed by atoms with Crippen LogP contribution in [0.15, 0.2) is 0 Å². The molecule has 7 nitrogen and oxygen atoms in total. The summed E-state index contributed by atoms with van der Waals surface area (Å²) in [5, 5.41) is 0. The van der Waals surface area contributed by atoms with Crippen LogP contribution in [-0.2, 0) is 32.6 Å². The molecule has 1 heterocycles. The summed E-state index contributed by atoms with van der Waals surface area (Å²) < 4.78 is 69.3. The maximum atomic E-state index is 15.4. The molecule has 27 heavy (non-hydrogen) atoms. The van der Waals surface area contributed by atoms with E-state index in [4.69, 9.17) is 23.3 Å². The largest absolute Gasteiger partial charge is 0.460 e. The number of rotatable bonds is 9. The SMILES string of the molecule is CCOP(=O)(OCC)C(F)(F)C(CC(=O)OC(C)(C)C)[C@H]1COC(C)(C)O1. The molecule has 2 atom stereocenters. The molecule has 0 aromatic carbocycles. The van der Waals surface area contributed by atoms with E-state index in [9.17, 15) is 9.36 Å². The first kappa shape index (κ1) is 24.4. The third-order valence-corrected chi connectivity index (χ3v) is 5.95. The summed E-state index contributed by atoms with van der Waals surface area (Å²) >= 11 is 0. The standard InChI is InChI=1S/C17H31F2O7P/c1-8-23-27(21,24-9-2)17(18,19)12(10-14(20)26-15(3,4)5)13-11-22-16(6,7)25-13/h12-13H,8-11H2,1-7H3/t12?,13-/m1/s1. The molecule has 0 aromatic rings. The van der Waals surface area contributed by atoms with Gasteiger partial charge in [-0.1, -0.05) is 0 Å². The quantitative estimate of drug-likeness (QED) is 0.408. The molecule has 0 aliphatic carbocycles. The van der Waals surface area contributed by atoms with E-state index in [-0.39, 0.29) is 19.8 Å². The minimum absolute atomic E-state index is 0.186. The third kappa shape index (κ3) is 6.46. The number of ether oxygens (including phenoxy) is 3. The van der Waals surface area contributed by atoms with Crippen molar-refractivity contribution in [1.29, 1.82) is 0 Å². The normalized spacial score (nSPS) is 21.9. The molecule has 1 unspecified atom stereocenters. The van der Waals surface area contributed by atoms with Crippen molar-refractivity contribution in [2.45, 2.75) is 78.0 Å². The highest BCUT2D eigenvalue weighted by Crippen LogP contribution is 2.66. The van der Waals surface area contributed by atoms with E-state index in [0.29, 0.717) is 0 Å². The first-order valence-electron chi connectivity index (χ1n) is 8.98. The van der Waals surface area contributed by atoms with Gasteiger partial charge < -0.3 is 23.3 Å². The Bertz CT molecular complexity index is 550. The Morgan fingerprint density at radius 2 is 1.74 bits per heavy atom. The van der Waals surface area contributed by atoms with Gasteiger partial charge in [0, 0.05) is 0 Å². The van der Waals surface area contributed by atoms with Crippen LogP contribution in [0.25, 0.3) is 0 Å². The van der Waals surface area contributed by atoms with E-state index >= 15 is 8.78 Å². The lowest BCUT2D eigenvalue weighted by Crippen LogP contribution is -2.42. The number of halogens is 2. The lowest BCUT2D eigenvalue weighted by Gasteiger charge is -2.34. The highest BCUT2D eigenvalue weighted by Gasteiger charge is 2.63. The van der Waals surface area contributed by atoms with E-state index < -0.39 is 49.1 Å². The number of hydrogen-bond acceptors (Lipinski definition) is 7. The number of alkyl halides is 2. The van der Waals surface area contributed by atoms with Crippen LogP contribution < -0.4 is 0 Å². The summed E-state index contributed by atoms with van der Waals surface area (Å²) in [5.41, 5.74) is -4.84. The number of carbonyl (C=O) groups excluding carboxylic acids is 1. The van der Waals surface area contributed by atoms with Crippen LogP contribution in [0, 0.1) is 5.92 Å². The molecular formula is C17H31F2O7P. The molecule has 0 amide bonds. The Kier molecular flexibility index (Phi) is 7.99. The molecule has 1 saturated heterocycles. The third-order valence-electron chi connectivity index (χ3n) is 3.70. The summed E-state index contributed by atoms with van der Waals surface area (Å²) in [7, 11) is -4.86. The molecule has 1 aliphatic heterocycles. The van der Waals surface area contributed by atoms with Crippen LogP contribution in [-0.4, -0.2) is 48.9 Å². The van der Waals surface area contributed by atoms with Gasteiger partial charge in [0.05, 0.1) is 38.3 Å². The summed E-state index contributed by atoms with van der Waals surface area (Å²) in [6.07, 6.45) is -1.91. The van der Waals surface area contributed by atoms with E-state index in [1.54, 1.807) is 34.6 Å². The van der Waals surface area contributed by atoms with Crippen molar-refractivity contribution < 1.29 is 41.4 Å². The van der Waals surface area contributed by atoms with Crippen LogP contribution in [0.4, 0.5) is 8.78 Å². The van der Waals surface area contributed by atoms with Gasteiger partial charge in [0.2, 0.25) is 0 Å². The fourth-order valence-corrected chi connectivity index (χ4v) is 4.47. The van der Waals surface area contributed by atoms with Crippen molar-refractivity contribution >= 4 is 13.6 Å². The zero-order chi connectivity index (χ0) is 21.1. The maximum Gasteiger partial charge on any atom is 0.399 e. The number of esters is 1. The van der Waals surface area contributed by atoms with Gasteiger partial charge in [-0.05, 0) is 48.5 Å². The van der Waals surface area contributed by atoms with E-state index in [0.717, 1.165) is 0 Å². The first-order chi connectivity index (χ1) is 12.2. The number of carbonyl (C=O) groups is 1. The molecule has 0 saturated carbocycles. The van der Waals surface area contributed by atoms with E-state index in [1.165, 1.54) is 13.8 Å². The fraction of sp³-hybridized carbons (Fsp3) is 0.941. The Morgan fingerprint density at radius 3 is 2.11 bits per heavy atom. The monoisotopic (exact) mass is 416 g/mol. The summed E-state index contributed by atoms with van der Waals surface area (Å²) in [4.78, 5) is 12.3. The maximum absolute atomic E-state index is 15.4. The summed E-state index contributed by atoms with van der Waals surface area (Å²) in [6, 6.07) is 0. The molecule has 0 N–H and O–H groups in total. The zero-order valence-electron chi connectivity index (χ0n) is 17.0. The minimum Gasteiger partial charge on any atom is -0.460 e. The van der Waals surface area contributed by atoms with Crippen molar-refractivity contribution in [3.63, 3.8) is 0 Å². The molecule has 0 aromatic heterocycles. The molecule has 1 rings (SSSR count). The number of hydrogen-bond donors (Lipinski definition) is 0. The van der Waals surface area contributed by atoms with Gasteiger partial charge in [0.15, 0.2) is 5.79 Å². The first-order valence-corrected chi connectivity index (χ1v) is 10.5.